The van der Waals surface area contributed by atoms with Crippen LogP contribution in [0.25, 0.3) is 0 Å². The Hall–Kier alpha value is -0.790. The van der Waals surface area contributed by atoms with Crippen LogP contribution in [0.5, 0.6) is 0 Å². The van der Waals surface area contributed by atoms with Crippen LogP contribution in [0.3, 0.4) is 0 Å². The van der Waals surface area contributed by atoms with E-state index in [-0.39, 0.29) is 17.2 Å². The van der Waals surface area contributed by atoms with Crippen molar-refractivity contribution in [2.45, 2.75) is 59.4 Å². The highest BCUT2D eigenvalue weighted by Gasteiger charge is 2.60. The second-order valence-electron chi connectivity index (χ2n) is 6.56. The highest BCUT2D eigenvalue weighted by Crippen LogP contribution is 2.59. The summed E-state index contributed by atoms with van der Waals surface area (Å²) in [7, 11) is 0. The maximum absolute atomic E-state index is 12.2. The second kappa shape index (κ2) is 4.47. The molecular formula is C15H25NO. The SMILES string of the molecule is CC(C)=CC1C(C(=O)NC2CCCC2)C1(C)C. The minimum absolute atomic E-state index is 0.153. The van der Waals surface area contributed by atoms with Gasteiger partial charge in [0.15, 0.2) is 0 Å². The number of carbonyl (C=O) groups excluding carboxylic acids is 1. The van der Waals surface area contributed by atoms with Crippen LogP contribution >= 0.6 is 0 Å². The average Bonchev–Trinajstić information content (AvgIpc) is 2.64. The first-order valence-corrected chi connectivity index (χ1v) is 6.88. The highest BCUT2D eigenvalue weighted by molar-refractivity contribution is 5.84. The van der Waals surface area contributed by atoms with Gasteiger partial charge in [0.05, 0.1) is 5.92 Å². The lowest BCUT2D eigenvalue weighted by molar-refractivity contribution is -0.123. The Kier molecular flexibility index (Phi) is 3.33. The molecule has 2 fully saturated rings. The fourth-order valence-corrected chi connectivity index (χ4v) is 3.21. The van der Waals surface area contributed by atoms with Gasteiger partial charge in [-0.15, -0.1) is 0 Å². The van der Waals surface area contributed by atoms with E-state index in [0.717, 1.165) is 0 Å². The molecule has 1 amide bonds. The van der Waals surface area contributed by atoms with Crippen LogP contribution in [0, 0.1) is 17.3 Å². The zero-order valence-corrected chi connectivity index (χ0v) is 11.5. The maximum Gasteiger partial charge on any atom is 0.224 e. The summed E-state index contributed by atoms with van der Waals surface area (Å²) in [4.78, 5) is 12.2. The summed E-state index contributed by atoms with van der Waals surface area (Å²) >= 11 is 0. The van der Waals surface area contributed by atoms with E-state index in [1.165, 1.54) is 31.3 Å². The Labute approximate surface area is 105 Å². The molecule has 17 heavy (non-hydrogen) atoms. The third kappa shape index (κ3) is 2.56. The van der Waals surface area contributed by atoms with Gasteiger partial charge in [-0.1, -0.05) is 38.3 Å². The summed E-state index contributed by atoms with van der Waals surface area (Å²) in [6, 6.07) is 0.450. The van der Waals surface area contributed by atoms with Crippen LogP contribution < -0.4 is 5.32 Å². The minimum Gasteiger partial charge on any atom is -0.353 e. The molecule has 2 rings (SSSR count). The lowest BCUT2D eigenvalue weighted by Gasteiger charge is -2.12. The zero-order chi connectivity index (χ0) is 12.6. The van der Waals surface area contributed by atoms with Crippen LogP contribution in [0.1, 0.15) is 53.4 Å². The Balaban J connectivity index is 1.94. The van der Waals surface area contributed by atoms with Crippen molar-refractivity contribution in [3.05, 3.63) is 11.6 Å². The lowest BCUT2D eigenvalue weighted by atomic mass is 10.1. The number of rotatable bonds is 3. The molecule has 0 aromatic carbocycles. The fourth-order valence-electron chi connectivity index (χ4n) is 3.21. The van der Waals surface area contributed by atoms with E-state index in [1.54, 1.807) is 0 Å². The van der Waals surface area contributed by atoms with Gasteiger partial charge in [0.2, 0.25) is 5.91 Å². The maximum atomic E-state index is 12.2. The van der Waals surface area contributed by atoms with Gasteiger partial charge < -0.3 is 5.32 Å². The first kappa shape index (κ1) is 12.7. The highest BCUT2D eigenvalue weighted by atomic mass is 16.2. The first-order valence-electron chi connectivity index (χ1n) is 6.88. The molecule has 0 heterocycles. The van der Waals surface area contributed by atoms with E-state index >= 15 is 0 Å². The Morgan fingerprint density at radius 2 is 1.82 bits per heavy atom. The van der Waals surface area contributed by atoms with Gasteiger partial charge >= 0.3 is 0 Å². The Morgan fingerprint density at radius 1 is 1.24 bits per heavy atom. The van der Waals surface area contributed by atoms with Crippen molar-refractivity contribution < 1.29 is 4.79 Å². The second-order valence-corrected chi connectivity index (χ2v) is 6.56. The molecule has 96 valence electrons. The Bertz CT molecular complexity index is 333. The molecule has 0 spiro atoms. The molecule has 2 saturated carbocycles. The zero-order valence-electron chi connectivity index (χ0n) is 11.5. The summed E-state index contributed by atoms with van der Waals surface area (Å²) in [5, 5.41) is 3.23. The summed E-state index contributed by atoms with van der Waals surface area (Å²) in [6.07, 6.45) is 7.16. The summed E-state index contributed by atoms with van der Waals surface area (Å²) < 4.78 is 0. The number of allylic oxidation sites excluding steroid dienone is 2. The van der Waals surface area contributed by atoms with Gasteiger partial charge in [0.25, 0.3) is 0 Å². The van der Waals surface area contributed by atoms with Crippen LogP contribution in [0.2, 0.25) is 0 Å². The van der Waals surface area contributed by atoms with Crippen molar-refractivity contribution >= 4 is 5.91 Å². The van der Waals surface area contributed by atoms with Gasteiger partial charge in [-0.3, -0.25) is 4.79 Å². The Morgan fingerprint density at radius 3 is 2.35 bits per heavy atom. The van der Waals surface area contributed by atoms with E-state index < -0.39 is 0 Å². The molecule has 2 unspecified atom stereocenters. The number of hydrogen-bond donors (Lipinski definition) is 1. The van der Waals surface area contributed by atoms with E-state index in [1.807, 2.05) is 0 Å². The van der Waals surface area contributed by atoms with Crippen LogP contribution in [-0.4, -0.2) is 11.9 Å². The van der Waals surface area contributed by atoms with Crippen molar-refractivity contribution in [3.63, 3.8) is 0 Å². The molecule has 0 aromatic heterocycles. The minimum atomic E-state index is 0.153. The molecular weight excluding hydrogens is 210 g/mol. The van der Waals surface area contributed by atoms with Crippen molar-refractivity contribution in [3.8, 4) is 0 Å². The monoisotopic (exact) mass is 235 g/mol. The summed E-state index contributed by atoms with van der Waals surface area (Å²) in [5.74, 6) is 0.913. The molecule has 0 aliphatic heterocycles. The van der Waals surface area contributed by atoms with Crippen molar-refractivity contribution in [2.75, 3.05) is 0 Å². The lowest BCUT2D eigenvalue weighted by Crippen LogP contribution is -2.34. The molecule has 2 atom stereocenters. The fraction of sp³-hybridized carbons (Fsp3) is 0.800. The van der Waals surface area contributed by atoms with Gasteiger partial charge in [0, 0.05) is 6.04 Å². The quantitative estimate of drug-likeness (QED) is 0.747. The van der Waals surface area contributed by atoms with Crippen molar-refractivity contribution in [1.82, 2.24) is 5.32 Å². The molecule has 2 nitrogen and oxygen atoms in total. The largest absolute Gasteiger partial charge is 0.353 e. The molecule has 0 aromatic rings. The van der Waals surface area contributed by atoms with Gasteiger partial charge in [-0.25, -0.2) is 0 Å². The molecule has 0 radical (unpaired) electrons. The first-order chi connectivity index (χ1) is 7.93. The average molecular weight is 235 g/mol. The molecule has 2 aliphatic carbocycles. The van der Waals surface area contributed by atoms with Crippen LogP contribution in [-0.2, 0) is 4.79 Å². The van der Waals surface area contributed by atoms with Crippen molar-refractivity contribution in [1.29, 1.82) is 0 Å². The predicted octanol–water partition coefficient (Wildman–Crippen LogP) is 3.28. The third-order valence-corrected chi connectivity index (χ3v) is 4.41. The van der Waals surface area contributed by atoms with Gasteiger partial charge in [0.1, 0.15) is 0 Å². The van der Waals surface area contributed by atoms with E-state index in [2.05, 4.69) is 39.1 Å². The van der Waals surface area contributed by atoms with E-state index in [4.69, 9.17) is 0 Å². The standard InChI is InChI=1S/C15H25NO/c1-10(2)9-12-13(15(12,3)4)14(17)16-11-7-5-6-8-11/h9,11-13H,5-8H2,1-4H3,(H,16,17). The molecule has 2 heteroatoms. The number of hydrogen-bond acceptors (Lipinski definition) is 1. The van der Waals surface area contributed by atoms with E-state index in [0.29, 0.717) is 12.0 Å². The number of nitrogens with one attached hydrogen (secondary N) is 1. The van der Waals surface area contributed by atoms with E-state index in [9.17, 15) is 4.79 Å². The number of carbonyl (C=O) groups is 1. The van der Waals surface area contributed by atoms with Crippen LogP contribution in [0.15, 0.2) is 11.6 Å². The summed E-state index contributed by atoms with van der Waals surface area (Å²) in [6.45, 7) is 8.63. The number of amides is 1. The third-order valence-electron chi connectivity index (χ3n) is 4.41. The normalized spacial score (nSPS) is 31.1. The van der Waals surface area contributed by atoms with Crippen molar-refractivity contribution in [2.24, 2.45) is 17.3 Å². The van der Waals surface area contributed by atoms with Crippen LogP contribution in [0.4, 0.5) is 0 Å². The predicted molar refractivity (Wildman–Crippen MR) is 70.6 cm³/mol. The molecule has 2 aliphatic rings. The topological polar surface area (TPSA) is 29.1 Å². The summed E-state index contributed by atoms with van der Waals surface area (Å²) in [5.41, 5.74) is 1.47. The smallest absolute Gasteiger partial charge is 0.224 e. The molecule has 0 bridgehead atoms. The molecule has 0 saturated heterocycles. The van der Waals surface area contributed by atoms with Gasteiger partial charge in [-0.2, -0.15) is 0 Å². The molecule has 1 N–H and O–H groups in total. The van der Waals surface area contributed by atoms with Gasteiger partial charge in [-0.05, 0) is 38.0 Å².